The van der Waals surface area contributed by atoms with Crippen LogP contribution in [0.2, 0.25) is 0 Å². The van der Waals surface area contributed by atoms with Crippen molar-refractivity contribution >= 4 is 17.4 Å². The summed E-state index contributed by atoms with van der Waals surface area (Å²) in [5, 5.41) is 5.43. The molecule has 1 atom stereocenters. The molecule has 1 fully saturated rings. The van der Waals surface area contributed by atoms with E-state index in [9.17, 15) is 9.18 Å². The molecule has 1 aliphatic rings. The number of para-hydroxylation sites is 1. The van der Waals surface area contributed by atoms with Crippen molar-refractivity contribution < 1.29 is 9.18 Å². The monoisotopic (exact) mass is 327 g/mol. The van der Waals surface area contributed by atoms with E-state index in [0.29, 0.717) is 18.0 Å². The molecule has 2 aromatic rings. The summed E-state index contributed by atoms with van der Waals surface area (Å²) in [6, 6.07) is 14.9. The summed E-state index contributed by atoms with van der Waals surface area (Å²) in [5.74, 6) is 0.0158. The number of amides is 2. The first-order chi connectivity index (χ1) is 11.6. The molecular weight excluding hydrogens is 305 g/mol. The SMILES string of the molecule is Cc1cccc(NC(=O)NC[C@@H]2CCN(c3ccccc3)C2)c1F. The van der Waals surface area contributed by atoms with Gasteiger partial charge in [-0.3, -0.25) is 0 Å². The Balaban J connectivity index is 1.48. The van der Waals surface area contributed by atoms with Crippen LogP contribution in [0, 0.1) is 18.7 Å². The van der Waals surface area contributed by atoms with E-state index in [-0.39, 0.29) is 17.5 Å². The van der Waals surface area contributed by atoms with Crippen molar-refractivity contribution in [2.45, 2.75) is 13.3 Å². The molecule has 4 nitrogen and oxygen atoms in total. The van der Waals surface area contributed by atoms with E-state index in [1.165, 1.54) is 5.69 Å². The first kappa shape index (κ1) is 16.3. The standard InChI is InChI=1S/C19H22FN3O/c1-14-6-5-9-17(18(14)20)22-19(24)21-12-15-10-11-23(13-15)16-7-3-2-4-8-16/h2-9,15H,10-13H2,1H3,(H2,21,22,24)/t15-/m0/s1. The highest BCUT2D eigenvalue weighted by atomic mass is 19.1. The third kappa shape index (κ3) is 3.85. The van der Waals surface area contributed by atoms with E-state index in [2.05, 4.69) is 27.7 Å². The number of hydrogen-bond donors (Lipinski definition) is 2. The van der Waals surface area contributed by atoms with E-state index in [1.807, 2.05) is 18.2 Å². The quantitative estimate of drug-likeness (QED) is 0.897. The lowest BCUT2D eigenvalue weighted by atomic mass is 10.1. The van der Waals surface area contributed by atoms with E-state index < -0.39 is 0 Å². The molecule has 2 N–H and O–H groups in total. The van der Waals surface area contributed by atoms with Gasteiger partial charge in [-0.05, 0) is 43.0 Å². The molecule has 0 unspecified atom stereocenters. The van der Waals surface area contributed by atoms with Crippen LogP contribution in [-0.4, -0.2) is 25.7 Å². The van der Waals surface area contributed by atoms with Gasteiger partial charge in [0.15, 0.2) is 0 Å². The Morgan fingerprint density at radius 1 is 1.21 bits per heavy atom. The number of urea groups is 1. The van der Waals surface area contributed by atoms with Crippen LogP contribution < -0.4 is 15.5 Å². The van der Waals surface area contributed by atoms with Crippen molar-refractivity contribution in [3.63, 3.8) is 0 Å². The van der Waals surface area contributed by atoms with Crippen molar-refractivity contribution in [2.24, 2.45) is 5.92 Å². The van der Waals surface area contributed by atoms with Crippen LogP contribution in [-0.2, 0) is 0 Å². The Hall–Kier alpha value is -2.56. The number of hydrogen-bond acceptors (Lipinski definition) is 2. The number of halogens is 1. The van der Waals surface area contributed by atoms with Crippen molar-refractivity contribution in [2.75, 3.05) is 29.9 Å². The van der Waals surface area contributed by atoms with Gasteiger partial charge in [-0.2, -0.15) is 0 Å². The lowest BCUT2D eigenvalue weighted by Crippen LogP contribution is -2.34. The van der Waals surface area contributed by atoms with Crippen LogP contribution in [0.1, 0.15) is 12.0 Å². The number of carbonyl (C=O) groups excluding carboxylic acids is 1. The fraction of sp³-hybridized carbons (Fsp3) is 0.316. The van der Waals surface area contributed by atoms with Crippen LogP contribution in [0.4, 0.5) is 20.6 Å². The minimum Gasteiger partial charge on any atom is -0.371 e. The second-order valence-corrected chi connectivity index (χ2v) is 6.21. The predicted molar refractivity (Wildman–Crippen MR) is 94.9 cm³/mol. The smallest absolute Gasteiger partial charge is 0.319 e. The molecule has 2 aromatic carbocycles. The number of rotatable bonds is 4. The van der Waals surface area contributed by atoms with Crippen LogP contribution in [0.25, 0.3) is 0 Å². The van der Waals surface area contributed by atoms with Gasteiger partial charge in [-0.15, -0.1) is 0 Å². The zero-order valence-corrected chi connectivity index (χ0v) is 13.8. The number of anilines is 2. The lowest BCUT2D eigenvalue weighted by Gasteiger charge is -2.18. The molecule has 24 heavy (non-hydrogen) atoms. The molecule has 2 amide bonds. The molecule has 1 heterocycles. The van der Waals surface area contributed by atoms with E-state index in [0.717, 1.165) is 19.5 Å². The summed E-state index contributed by atoms with van der Waals surface area (Å²) in [5.41, 5.74) is 1.94. The summed E-state index contributed by atoms with van der Waals surface area (Å²) in [6.07, 6.45) is 1.04. The summed E-state index contributed by atoms with van der Waals surface area (Å²) < 4.78 is 13.9. The maximum atomic E-state index is 13.9. The summed E-state index contributed by atoms with van der Waals surface area (Å²) in [7, 11) is 0. The Morgan fingerprint density at radius 2 is 2.00 bits per heavy atom. The minimum atomic E-state index is -0.385. The number of benzene rings is 2. The maximum Gasteiger partial charge on any atom is 0.319 e. The summed E-state index contributed by atoms with van der Waals surface area (Å²) in [4.78, 5) is 14.3. The number of aryl methyl sites for hydroxylation is 1. The van der Waals surface area contributed by atoms with E-state index in [4.69, 9.17) is 0 Å². The fourth-order valence-corrected chi connectivity index (χ4v) is 3.02. The van der Waals surface area contributed by atoms with Crippen LogP contribution in [0.5, 0.6) is 0 Å². The second kappa shape index (κ2) is 7.34. The molecule has 0 radical (unpaired) electrons. The highest BCUT2D eigenvalue weighted by Gasteiger charge is 2.23. The highest BCUT2D eigenvalue weighted by molar-refractivity contribution is 5.89. The molecule has 0 saturated carbocycles. The lowest BCUT2D eigenvalue weighted by molar-refractivity contribution is 0.250. The predicted octanol–water partition coefficient (Wildman–Crippen LogP) is 3.78. The zero-order valence-electron chi connectivity index (χ0n) is 13.8. The van der Waals surface area contributed by atoms with Crippen molar-refractivity contribution in [1.82, 2.24) is 5.32 Å². The first-order valence-electron chi connectivity index (χ1n) is 8.23. The van der Waals surface area contributed by atoms with Gasteiger partial charge in [0.2, 0.25) is 0 Å². The largest absolute Gasteiger partial charge is 0.371 e. The van der Waals surface area contributed by atoms with Gasteiger partial charge in [-0.1, -0.05) is 30.3 Å². The molecule has 0 aromatic heterocycles. The molecule has 0 spiro atoms. The van der Waals surface area contributed by atoms with Gasteiger partial charge in [0.1, 0.15) is 5.82 Å². The van der Waals surface area contributed by atoms with E-state index >= 15 is 0 Å². The van der Waals surface area contributed by atoms with Gasteiger partial charge >= 0.3 is 6.03 Å². The Kier molecular flexibility index (Phi) is 4.99. The highest BCUT2D eigenvalue weighted by Crippen LogP contribution is 2.23. The van der Waals surface area contributed by atoms with Crippen LogP contribution in [0.15, 0.2) is 48.5 Å². The molecular formula is C19H22FN3O. The molecule has 1 aliphatic heterocycles. The third-order valence-electron chi connectivity index (χ3n) is 4.40. The Labute approximate surface area is 141 Å². The Bertz CT molecular complexity index is 705. The van der Waals surface area contributed by atoms with Gasteiger partial charge < -0.3 is 15.5 Å². The average Bonchev–Trinajstić information content (AvgIpc) is 3.07. The summed E-state index contributed by atoms with van der Waals surface area (Å²) in [6.45, 7) is 4.17. The summed E-state index contributed by atoms with van der Waals surface area (Å²) >= 11 is 0. The second-order valence-electron chi connectivity index (χ2n) is 6.21. The molecule has 3 rings (SSSR count). The van der Waals surface area contributed by atoms with Crippen LogP contribution >= 0.6 is 0 Å². The normalized spacial score (nSPS) is 16.9. The molecule has 1 saturated heterocycles. The maximum absolute atomic E-state index is 13.9. The average molecular weight is 327 g/mol. The number of nitrogens with zero attached hydrogens (tertiary/aromatic N) is 1. The van der Waals surface area contributed by atoms with Crippen molar-refractivity contribution in [1.29, 1.82) is 0 Å². The topological polar surface area (TPSA) is 44.4 Å². The molecule has 0 bridgehead atoms. The van der Waals surface area contributed by atoms with E-state index in [1.54, 1.807) is 25.1 Å². The molecule has 126 valence electrons. The fourth-order valence-electron chi connectivity index (χ4n) is 3.02. The van der Waals surface area contributed by atoms with Gasteiger partial charge in [0, 0.05) is 25.3 Å². The molecule has 5 heteroatoms. The van der Waals surface area contributed by atoms with Crippen molar-refractivity contribution in [3.05, 3.63) is 59.9 Å². The molecule has 0 aliphatic carbocycles. The number of nitrogens with one attached hydrogen (secondary N) is 2. The van der Waals surface area contributed by atoms with Gasteiger partial charge in [0.05, 0.1) is 5.69 Å². The van der Waals surface area contributed by atoms with Crippen molar-refractivity contribution in [3.8, 4) is 0 Å². The van der Waals surface area contributed by atoms with Crippen LogP contribution in [0.3, 0.4) is 0 Å². The van der Waals surface area contributed by atoms with Gasteiger partial charge in [0.25, 0.3) is 0 Å². The minimum absolute atomic E-state index is 0.213. The van der Waals surface area contributed by atoms with Gasteiger partial charge in [-0.25, -0.2) is 9.18 Å². The zero-order chi connectivity index (χ0) is 16.9. The first-order valence-corrected chi connectivity index (χ1v) is 8.23. The Morgan fingerprint density at radius 3 is 2.79 bits per heavy atom. The third-order valence-corrected chi connectivity index (χ3v) is 4.40. The number of carbonyl (C=O) groups is 1.